The average molecular weight is 407 g/mol. The summed E-state index contributed by atoms with van der Waals surface area (Å²) in [5, 5.41) is 5.85. The van der Waals surface area contributed by atoms with Gasteiger partial charge >= 0.3 is 0 Å². The molecular formula is C23H25N3O4. The molecule has 2 N–H and O–H groups in total. The number of fused-ring (bicyclic) bond motifs is 1. The summed E-state index contributed by atoms with van der Waals surface area (Å²) in [4.78, 5) is 38.7. The lowest BCUT2D eigenvalue weighted by Crippen LogP contribution is -2.42. The fraction of sp³-hybridized carbons (Fsp3) is 0.348. The van der Waals surface area contributed by atoms with Crippen LogP contribution in [0.2, 0.25) is 0 Å². The number of para-hydroxylation sites is 2. The molecule has 0 bridgehead atoms. The lowest BCUT2D eigenvalue weighted by molar-refractivity contribution is -0.126. The third-order valence-corrected chi connectivity index (χ3v) is 5.52. The molecule has 2 aromatic rings. The summed E-state index contributed by atoms with van der Waals surface area (Å²) in [6.45, 7) is -0.0337. The molecule has 7 nitrogen and oxygen atoms in total. The van der Waals surface area contributed by atoms with Gasteiger partial charge in [-0.15, -0.1) is 0 Å². The smallest absolute Gasteiger partial charge is 0.244 e. The number of hydrogen-bond donors (Lipinski definition) is 2. The summed E-state index contributed by atoms with van der Waals surface area (Å²) >= 11 is 0. The topological polar surface area (TPSA) is 87.7 Å². The molecule has 1 atom stereocenters. The summed E-state index contributed by atoms with van der Waals surface area (Å²) in [5.41, 5.74) is 2.32. The van der Waals surface area contributed by atoms with Gasteiger partial charge in [-0.05, 0) is 48.6 Å². The highest BCUT2D eigenvalue weighted by atomic mass is 16.5. The van der Waals surface area contributed by atoms with Gasteiger partial charge in [0.15, 0.2) is 0 Å². The van der Waals surface area contributed by atoms with Gasteiger partial charge in [0.2, 0.25) is 17.7 Å². The zero-order chi connectivity index (χ0) is 21.1. The van der Waals surface area contributed by atoms with E-state index in [0.717, 1.165) is 24.2 Å². The summed E-state index contributed by atoms with van der Waals surface area (Å²) in [7, 11) is 1.62. The number of carbonyl (C=O) groups excluding carboxylic acids is 3. The number of nitrogens with one attached hydrogen (secondary N) is 2. The summed E-state index contributed by atoms with van der Waals surface area (Å²) in [5.74, 6) is 0.567. The van der Waals surface area contributed by atoms with Gasteiger partial charge in [0.05, 0.1) is 24.5 Å². The van der Waals surface area contributed by atoms with Crippen molar-refractivity contribution in [3.05, 3.63) is 54.1 Å². The Labute approximate surface area is 175 Å². The van der Waals surface area contributed by atoms with Crippen molar-refractivity contribution >= 4 is 29.1 Å². The molecule has 2 aromatic carbocycles. The fourth-order valence-electron chi connectivity index (χ4n) is 3.77. The Morgan fingerprint density at radius 3 is 2.57 bits per heavy atom. The van der Waals surface area contributed by atoms with Crippen LogP contribution in [0.25, 0.3) is 0 Å². The lowest BCUT2D eigenvalue weighted by Gasteiger charge is -2.29. The minimum absolute atomic E-state index is 0.0337. The Balaban J connectivity index is 1.37. The molecule has 3 amide bonds. The first-order valence-electron chi connectivity index (χ1n) is 10.2. The maximum Gasteiger partial charge on any atom is 0.244 e. The molecule has 7 heteroatoms. The number of amides is 3. The first-order valence-corrected chi connectivity index (χ1v) is 10.2. The van der Waals surface area contributed by atoms with Gasteiger partial charge in [0.25, 0.3) is 0 Å². The van der Waals surface area contributed by atoms with E-state index in [1.165, 1.54) is 4.90 Å². The molecule has 156 valence electrons. The minimum Gasteiger partial charge on any atom is -0.497 e. The molecule has 0 aromatic heterocycles. The monoisotopic (exact) mass is 407 g/mol. The highest BCUT2D eigenvalue weighted by Gasteiger charge is 2.33. The molecule has 1 fully saturated rings. The Bertz CT molecular complexity index is 953. The van der Waals surface area contributed by atoms with Crippen LogP contribution in [0.3, 0.4) is 0 Å². The van der Waals surface area contributed by atoms with Crippen molar-refractivity contribution in [2.24, 2.45) is 5.92 Å². The van der Waals surface area contributed by atoms with Gasteiger partial charge in [-0.3, -0.25) is 14.4 Å². The number of rotatable bonds is 7. The van der Waals surface area contributed by atoms with Crippen LogP contribution in [-0.4, -0.2) is 31.4 Å². The third-order valence-electron chi connectivity index (χ3n) is 5.52. The van der Waals surface area contributed by atoms with E-state index in [-0.39, 0.29) is 43.1 Å². The van der Waals surface area contributed by atoms with Crippen molar-refractivity contribution in [3.63, 3.8) is 0 Å². The van der Waals surface area contributed by atoms with Crippen LogP contribution in [0.5, 0.6) is 5.75 Å². The van der Waals surface area contributed by atoms with Crippen LogP contribution in [0.15, 0.2) is 48.5 Å². The zero-order valence-corrected chi connectivity index (χ0v) is 16.9. The van der Waals surface area contributed by atoms with Crippen molar-refractivity contribution in [1.82, 2.24) is 5.32 Å². The molecule has 0 spiro atoms. The van der Waals surface area contributed by atoms with Gasteiger partial charge in [0, 0.05) is 12.8 Å². The maximum absolute atomic E-state index is 12.7. The maximum atomic E-state index is 12.7. The molecule has 0 saturated heterocycles. The summed E-state index contributed by atoms with van der Waals surface area (Å²) in [6, 6.07) is 14.8. The van der Waals surface area contributed by atoms with Crippen LogP contribution in [0.1, 0.15) is 37.3 Å². The van der Waals surface area contributed by atoms with Crippen molar-refractivity contribution in [1.29, 1.82) is 0 Å². The number of carbonyl (C=O) groups is 3. The number of nitrogens with zero attached hydrogens (tertiary/aromatic N) is 1. The van der Waals surface area contributed by atoms with E-state index in [4.69, 9.17) is 4.74 Å². The number of benzene rings is 2. The van der Waals surface area contributed by atoms with Gasteiger partial charge in [-0.1, -0.05) is 24.3 Å². The van der Waals surface area contributed by atoms with Crippen molar-refractivity contribution in [2.75, 3.05) is 23.9 Å². The fourth-order valence-corrected chi connectivity index (χ4v) is 3.77. The zero-order valence-electron chi connectivity index (χ0n) is 16.9. The van der Waals surface area contributed by atoms with E-state index in [1.807, 2.05) is 30.3 Å². The molecule has 2 aliphatic rings. The van der Waals surface area contributed by atoms with Gasteiger partial charge in [0.1, 0.15) is 12.3 Å². The second kappa shape index (κ2) is 8.57. The molecule has 1 saturated carbocycles. The third kappa shape index (κ3) is 4.45. The molecule has 30 heavy (non-hydrogen) atoms. The predicted molar refractivity (Wildman–Crippen MR) is 113 cm³/mol. The second-order valence-electron chi connectivity index (χ2n) is 7.70. The Morgan fingerprint density at radius 1 is 1.13 bits per heavy atom. The standard InChI is InChI=1S/C23H25N3O4/c1-30-17-10-8-16(9-11-17)23(15-6-7-15)25-20(27)12-13-22(29)26-14-21(28)24-18-4-2-3-5-19(18)26/h2-5,8-11,15,23H,6-7,12-14H2,1H3,(H,24,28)(H,25,27). The molecule has 4 rings (SSSR count). The highest BCUT2D eigenvalue weighted by molar-refractivity contribution is 6.10. The Kier molecular flexibility index (Phi) is 5.70. The van der Waals surface area contributed by atoms with Crippen molar-refractivity contribution < 1.29 is 19.1 Å². The molecule has 1 aliphatic heterocycles. The lowest BCUT2D eigenvalue weighted by atomic mass is 10.0. The molecular weight excluding hydrogens is 382 g/mol. The largest absolute Gasteiger partial charge is 0.497 e. The quantitative estimate of drug-likeness (QED) is 0.739. The van der Waals surface area contributed by atoms with Crippen LogP contribution in [-0.2, 0) is 14.4 Å². The summed E-state index contributed by atoms with van der Waals surface area (Å²) in [6.07, 6.45) is 2.29. The molecule has 1 heterocycles. The van der Waals surface area contributed by atoms with Gasteiger partial charge in [-0.2, -0.15) is 0 Å². The van der Waals surface area contributed by atoms with E-state index in [1.54, 1.807) is 25.3 Å². The van der Waals surface area contributed by atoms with Gasteiger partial charge in [-0.25, -0.2) is 0 Å². The molecule has 1 unspecified atom stereocenters. The number of ether oxygens (including phenoxy) is 1. The van der Waals surface area contributed by atoms with Crippen molar-refractivity contribution in [2.45, 2.75) is 31.7 Å². The number of methoxy groups -OCH3 is 1. The summed E-state index contributed by atoms with van der Waals surface area (Å²) < 4.78 is 5.20. The van der Waals surface area contributed by atoms with Crippen molar-refractivity contribution in [3.8, 4) is 5.75 Å². The van der Waals surface area contributed by atoms with E-state index >= 15 is 0 Å². The highest BCUT2D eigenvalue weighted by Crippen LogP contribution is 2.41. The second-order valence-corrected chi connectivity index (χ2v) is 7.70. The first kappa shape index (κ1) is 19.9. The SMILES string of the molecule is COc1ccc(C(NC(=O)CCC(=O)N2CC(=O)Nc3ccccc32)C2CC2)cc1. The Hall–Kier alpha value is -3.35. The first-order chi connectivity index (χ1) is 14.5. The van der Waals surface area contributed by atoms with E-state index in [2.05, 4.69) is 10.6 Å². The van der Waals surface area contributed by atoms with Crippen LogP contribution in [0, 0.1) is 5.92 Å². The minimum atomic E-state index is -0.236. The predicted octanol–water partition coefficient (Wildman–Crippen LogP) is 3.03. The number of anilines is 2. The number of hydrogen-bond acceptors (Lipinski definition) is 4. The van der Waals surface area contributed by atoms with E-state index in [9.17, 15) is 14.4 Å². The van der Waals surface area contributed by atoms with E-state index < -0.39 is 0 Å². The van der Waals surface area contributed by atoms with Crippen LogP contribution in [0.4, 0.5) is 11.4 Å². The molecule has 1 aliphatic carbocycles. The van der Waals surface area contributed by atoms with E-state index in [0.29, 0.717) is 17.3 Å². The Morgan fingerprint density at radius 2 is 1.87 bits per heavy atom. The average Bonchev–Trinajstić information content (AvgIpc) is 3.60. The van der Waals surface area contributed by atoms with Crippen LogP contribution >= 0.6 is 0 Å². The van der Waals surface area contributed by atoms with Crippen LogP contribution < -0.4 is 20.3 Å². The van der Waals surface area contributed by atoms with Gasteiger partial charge < -0.3 is 20.3 Å². The molecule has 0 radical (unpaired) electrons. The normalized spacial score (nSPS) is 16.3.